The first kappa shape index (κ1) is 21.2. The van der Waals surface area contributed by atoms with Gasteiger partial charge < -0.3 is 4.74 Å². The highest BCUT2D eigenvalue weighted by molar-refractivity contribution is 7.93. The van der Waals surface area contributed by atoms with Gasteiger partial charge in [-0.15, -0.1) is 0 Å². The summed E-state index contributed by atoms with van der Waals surface area (Å²) in [5.41, 5.74) is 0.256. The SMILES string of the molecule is O=S(=O)(C1CC1)N(Cc1cccnc1)c1ccc(Oc2ccccc2C(F)(F)F)cc1. The van der Waals surface area contributed by atoms with Crippen molar-refractivity contribution in [2.45, 2.75) is 30.8 Å². The number of anilines is 1. The molecule has 1 heterocycles. The second-order valence-corrected chi connectivity index (χ2v) is 9.34. The molecule has 2 aromatic carbocycles. The van der Waals surface area contributed by atoms with Gasteiger partial charge in [-0.1, -0.05) is 18.2 Å². The van der Waals surface area contributed by atoms with Crippen LogP contribution in [0.1, 0.15) is 24.0 Å². The lowest BCUT2D eigenvalue weighted by atomic mass is 10.2. The zero-order valence-electron chi connectivity index (χ0n) is 16.3. The summed E-state index contributed by atoms with van der Waals surface area (Å²) in [5, 5.41) is -0.418. The Bertz CT molecular complexity index is 1150. The van der Waals surface area contributed by atoms with Crippen LogP contribution in [0.3, 0.4) is 0 Å². The number of aromatic nitrogens is 1. The molecule has 0 N–H and O–H groups in total. The van der Waals surface area contributed by atoms with Gasteiger partial charge in [0.05, 0.1) is 23.0 Å². The van der Waals surface area contributed by atoms with Crippen molar-refractivity contribution in [1.82, 2.24) is 4.98 Å². The molecule has 1 aliphatic rings. The smallest absolute Gasteiger partial charge is 0.419 e. The van der Waals surface area contributed by atoms with Gasteiger partial charge in [0.1, 0.15) is 11.5 Å². The third-order valence-electron chi connectivity index (χ3n) is 4.85. The Labute approximate surface area is 178 Å². The molecule has 4 rings (SSSR count). The number of hydrogen-bond acceptors (Lipinski definition) is 4. The number of hydrogen-bond donors (Lipinski definition) is 0. The number of halogens is 3. The summed E-state index contributed by atoms with van der Waals surface area (Å²) in [6.45, 7) is 0.115. The van der Waals surface area contributed by atoms with E-state index in [1.165, 1.54) is 46.8 Å². The minimum atomic E-state index is -4.55. The van der Waals surface area contributed by atoms with Crippen LogP contribution in [0.2, 0.25) is 0 Å². The van der Waals surface area contributed by atoms with Crippen molar-refractivity contribution in [1.29, 1.82) is 0 Å². The predicted octanol–water partition coefficient (Wildman–Crippen LogP) is 5.39. The molecule has 5 nitrogen and oxygen atoms in total. The van der Waals surface area contributed by atoms with Crippen LogP contribution in [-0.2, 0) is 22.7 Å². The maximum Gasteiger partial charge on any atom is 0.419 e. The molecule has 0 atom stereocenters. The van der Waals surface area contributed by atoms with Crippen molar-refractivity contribution < 1.29 is 26.3 Å². The number of nitrogens with zero attached hydrogens (tertiary/aromatic N) is 2. The van der Waals surface area contributed by atoms with Gasteiger partial charge in [-0.25, -0.2) is 8.42 Å². The molecule has 31 heavy (non-hydrogen) atoms. The van der Waals surface area contributed by atoms with E-state index in [0.29, 0.717) is 18.5 Å². The van der Waals surface area contributed by atoms with E-state index in [0.717, 1.165) is 11.6 Å². The standard InChI is InChI=1S/C22H19F3N2O3S/c23-22(24,25)20-5-1-2-6-21(20)30-18-9-7-17(8-10-18)27(31(28,29)19-11-12-19)15-16-4-3-13-26-14-16/h1-10,13-14,19H,11-12,15H2. The third kappa shape index (κ3) is 4.82. The summed E-state index contributed by atoms with van der Waals surface area (Å²) in [6, 6.07) is 14.4. The summed E-state index contributed by atoms with van der Waals surface area (Å²) in [7, 11) is -3.56. The first-order valence-electron chi connectivity index (χ1n) is 9.60. The lowest BCUT2D eigenvalue weighted by Crippen LogP contribution is -2.33. The quantitative estimate of drug-likeness (QED) is 0.486. The van der Waals surface area contributed by atoms with Gasteiger partial charge in [0.25, 0.3) is 0 Å². The Balaban J connectivity index is 1.61. The molecule has 1 saturated carbocycles. The molecule has 0 radical (unpaired) electrons. The molecule has 1 aromatic heterocycles. The van der Waals surface area contributed by atoms with E-state index in [1.54, 1.807) is 24.5 Å². The van der Waals surface area contributed by atoms with Crippen LogP contribution in [0.5, 0.6) is 11.5 Å². The fourth-order valence-electron chi connectivity index (χ4n) is 3.13. The van der Waals surface area contributed by atoms with Gasteiger partial charge in [-0.3, -0.25) is 9.29 Å². The molecule has 1 fully saturated rings. The van der Waals surface area contributed by atoms with Gasteiger partial charge >= 0.3 is 6.18 Å². The highest BCUT2D eigenvalue weighted by Crippen LogP contribution is 2.39. The Morgan fingerprint density at radius 2 is 1.71 bits per heavy atom. The lowest BCUT2D eigenvalue weighted by molar-refractivity contribution is -0.138. The van der Waals surface area contributed by atoms with Crippen molar-refractivity contribution in [3.05, 3.63) is 84.2 Å². The minimum Gasteiger partial charge on any atom is -0.457 e. The molecule has 3 aromatic rings. The van der Waals surface area contributed by atoms with Crippen LogP contribution in [0.4, 0.5) is 18.9 Å². The topological polar surface area (TPSA) is 59.5 Å². The summed E-state index contributed by atoms with van der Waals surface area (Å²) in [6.07, 6.45) is -0.118. The first-order chi connectivity index (χ1) is 14.7. The molecule has 162 valence electrons. The van der Waals surface area contributed by atoms with E-state index in [4.69, 9.17) is 4.74 Å². The van der Waals surface area contributed by atoms with Crippen molar-refractivity contribution in [2.75, 3.05) is 4.31 Å². The van der Waals surface area contributed by atoms with Gasteiger partial charge in [-0.2, -0.15) is 13.2 Å². The number of alkyl halides is 3. The maximum atomic E-state index is 13.2. The molecule has 0 spiro atoms. The van der Waals surface area contributed by atoms with Crippen molar-refractivity contribution in [3.63, 3.8) is 0 Å². The van der Waals surface area contributed by atoms with Crippen LogP contribution in [0.25, 0.3) is 0 Å². The number of sulfonamides is 1. The fraction of sp³-hybridized carbons (Fsp3) is 0.227. The van der Waals surface area contributed by atoms with E-state index < -0.39 is 27.0 Å². The van der Waals surface area contributed by atoms with Gasteiger partial charge in [0, 0.05) is 12.4 Å². The number of rotatable bonds is 7. The first-order valence-corrected chi connectivity index (χ1v) is 11.1. The summed E-state index contributed by atoms with van der Waals surface area (Å²) in [4.78, 5) is 4.03. The molecule has 0 aliphatic heterocycles. The second-order valence-electron chi connectivity index (χ2n) is 7.20. The molecule has 0 bridgehead atoms. The Hall–Kier alpha value is -3.07. The zero-order valence-corrected chi connectivity index (χ0v) is 17.1. The van der Waals surface area contributed by atoms with Crippen molar-refractivity contribution >= 4 is 15.7 Å². The van der Waals surface area contributed by atoms with Crippen LogP contribution in [-0.4, -0.2) is 18.7 Å². The van der Waals surface area contributed by atoms with Gasteiger partial charge in [0.15, 0.2) is 0 Å². The Morgan fingerprint density at radius 1 is 1.00 bits per heavy atom. The van der Waals surface area contributed by atoms with E-state index in [1.807, 2.05) is 0 Å². The van der Waals surface area contributed by atoms with Crippen molar-refractivity contribution in [3.8, 4) is 11.5 Å². The van der Waals surface area contributed by atoms with E-state index in [9.17, 15) is 21.6 Å². The molecule has 0 saturated heterocycles. The summed E-state index contributed by atoms with van der Waals surface area (Å²) in [5.74, 6) is -0.147. The van der Waals surface area contributed by atoms with Gasteiger partial charge in [-0.05, 0) is 60.9 Å². The minimum absolute atomic E-state index is 0.115. The van der Waals surface area contributed by atoms with E-state index in [2.05, 4.69) is 4.98 Å². The van der Waals surface area contributed by atoms with Crippen LogP contribution >= 0.6 is 0 Å². The molecule has 0 unspecified atom stereocenters. The highest BCUT2D eigenvalue weighted by Gasteiger charge is 2.40. The number of pyridine rings is 1. The summed E-state index contributed by atoms with van der Waals surface area (Å²) >= 11 is 0. The third-order valence-corrected chi connectivity index (χ3v) is 7.11. The summed E-state index contributed by atoms with van der Waals surface area (Å²) < 4.78 is 72.3. The normalized spacial score (nSPS) is 14.3. The Kier molecular flexibility index (Phi) is 5.62. The fourth-order valence-corrected chi connectivity index (χ4v) is 4.97. The number of benzene rings is 2. The Morgan fingerprint density at radius 3 is 2.32 bits per heavy atom. The average Bonchev–Trinajstić information content (AvgIpc) is 3.59. The van der Waals surface area contributed by atoms with E-state index in [-0.39, 0.29) is 18.0 Å². The second kappa shape index (κ2) is 8.22. The molecular formula is C22H19F3N2O3S. The zero-order chi connectivity index (χ0) is 22.1. The predicted molar refractivity (Wildman–Crippen MR) is 110 cm³/mol. The molecule has 1 aliphatic carbocycles. The molecule has 9 heteroatoms. The number of para-hydroxylation sites is 1. The van der Waals surface area contributed by atoms with Crippen molar-refractivity contribution in [2.24, 2.45) is 0 Å². The molecule has 0 amide bonds. The van der Waals surface area contributed by atoms with Crippen LogP contribution in [0.15, 0.2) is 73.1 Å². The average molecular weight is 448 g/mol. The maximum absolute atomic E-state index is 13.2. The van der Waals surface area contributed by atoms with Gasteiger partial charge in [0.2, 0.25) is 10.0 Å². The highest BCUT2D eigenvalue weighted by atomic mass is 32.2. The van der Waals surface area contributed by atoms with Crippen LogP contribution in [0, 0.1) is 0 Å². The number of ether oxygens (including phenoxy) is 1. The molecular weight excluding hydrogens is 429 g/mol. The van der Waals surface area contributed by atoms with E-state index >= 15 is 0 Å². The lowest BCUT2D eigenvalue weighted by Gasteiger charge is -2.25. The largest absolute Gasteiger partial charge is 0.457 e. The van der Waals surface area contributed by atoms with Crippen LogP contribution < -0.4 is 9.04 Å². The monoisotopic (exact) mass is 448 g/mol.